The Morgan fingerprint density at radius 2 is 2.19 bits per heavy atom. The van der Waals surface area contributed by atoms with Gasteiger partial charge in [0, 0.05) is 59.2 Å². The van der Waals surface area contributed by atoms with Gasteiger partial charge in [0.2, 0.25) is 5.91 Å². The first-order valence-corrected chi connectivity index (χ1v) is 5.84. The summed E-state index contributed by atoms with van der Waals surface area (Å²) in [7, 11) is 1.85. The van der Waals surface area contributed by atoms with Gasteiger partial charge in [0.25, 0.3) is 0 Å². The summed E-state index contributed by atoms with van der Waals surface area (Å²) in [5.41, 5.74) is 0. The van der Waals surface area contributed by atoms with Gasteiger partial charge in [-0.3, -0.25) is 9.69 Å². The number of carbonyl (C=O) groups excluding carboxylic acids is 1. The molecular formula is C12H21N3O. The van der Waals surface area contributed by atoms with Crippen LogP contribution in [0.25, 0.3) is 0 Å². The highest BCUT2D eigenvalue weighted by Gasteiger charge is 2.12. The molecule has 0 unspecified atom stereocenters. The third-order valence-corrected chi connectivity index (χ3v) is 2.87. The van der Waals surface area contributed by atoms with Gasteiger partial charge in [0.05, 0.1) is 0 Å². The molecule has 0 aromatic rings. The number of nitrogens with zero attached hydrogens (tertiary/aromatic N) is 2. The Hall–Kier alpha value is -1.05. The summed E-state index contributed by atoms with van der Waals surface area (Å²) in [4.78, 5) is 15.7. The predicted molar refractivity (Wildman–Crippen MR) is 65.0 cm³/mol. The molecular weight excluding hydrogens is 202 g/mol. The molecule has 0 radical (unpaired) electrons. The van der Waals surface area contributed by atoms with E-state index in [9.17, 15) is 4.79 Å². The number of nitrogens with one attached hydrogen (secondary N) is 1. The van der Waals surface area contributed by atoms with Crippen LogP contribution in [0.15, 0.2) is 0 Å². The van der Waals surface area contributed by atoms with Crippen molar-refractivity contribution in [2.24, 2.45) is 0 Å². The highest BCUT2D eigenvalue weighted by Crippen LogP contribution is 1.97. The van der Waals surface area contributed by atoms with Crippen molar-refractivity contribution >= 4 is 5.91 Å². The van der Waals surface area contributed by atoms with E-state index in [1.165, 1.54) is 0 Å². The number of hydrogen-bond donors (Lipinski definition) is 1. The van der Waals surface area contributed by atoms with Crippen LogP contribution in [0.3, 0.4) is 0 Å². The number of amides is 1. The molecule has 0 bridgehead atoms. The van der Waals surface area contributed by atoms with Crippen LogP contribution in [0.4, 0.5) is 0 Å². The molecule has 4 heteroatoms. The lowest BCUT2D eigenvalue weighted by molar-refractivity contribution is -0.130. The van der Waals surface area contributed by atoms with Gasteiger partial charge in [0.1, 0.15) is 0 Å². The summed E-state index contributed by atoms with van der Waals surface area (Å²) in [6.07, 6.45) is 6.14. The molecule has 1 saturated heterocycles. The van der Waals surface area contributed by atoms with Crippen LogP contribution in [-0.4, -0.2) is 62.0 Å². The van der Waals surface area contributed by atoms with E-state index in [-0.39, 0.29) is 5.91 Å². The lowest BCUT2D eigenvalue weighted by Gasteiger charge is -2.29. The van der Waals surface area contributed by atoms with Crippen LogP contribution in [0, 0.1) is 12.3 Å². The second kappa shape index (κ2) is 7.26. The molecule has 0 aromatic carbocycles. The Balaban J connectivity index is 2.15. The summed E-state index contributed by atoms with van der Waals surface area (Å²) in [5.74, 6) is 2.64. The fraction of sp³-hybridized carbons (Fsp3) is 0.750. The maximum atomic E-state index is 11.6. The van der Waals surface area contributed by atoms with E-state index in [0.717, 1.165) is 39.3 Å². The molecule has 1 N–H and O–H groups in total. The second-order valence-electron chi connectivity index (χ2n) is 4.11. The first-order valence-electron chi connectivity index (χ1n) is 5.84. The van der Waals surface area contributed by atoms with E-state index >= 15 is 0 Å². The number of carbonyl (C=O) groups is 1. The topological polar surface area (TPSA) is 35.6 Å². The average molecular weight is 223 g/mol. The van der Waals surface area contributed by atoms with Crippen LogP contribution in [-0.2, 0) is 4.79 Å². The molecule has 1 rings (SSSR count). The van der Waals surface area contributed by atoms with Crippen molar-refractivity contribution in [2.45, 2.75) is 12.8 Å². The van der Waals surface area contributed by atoms with E-state index in [1.807, 2.05) is 7.05 Å². The molecule has 90 valence electrons. The zero-order valence-corrected chi connectivity index (χ0v) is 10.0. The summed E-state index contributed by atoms with van der Waals surface area (Å²) in [6.45, 7) is 6.01. The Morgan fingerprint density at radius 1 is 1.50 bits per heavy atom. The van der Waals surface area contributed by atoms with Gasteiger partial charge in [-0.25, -0.2) is 0 Å². The highest BCUT2D eigenvalue weighted by atomic mass is 16.2. The van der Waals surface area contributed by atoms with Crippen molar-refractivity contribution in [2.75, 3.05) is 46.3 Å². The van der Waals surface area contributed by atoms with E-state index in [0.29, 0.717) is 12.8 Å². The van der Waals surface area contributed by atoms with Crippen LogP contribution >= 0.6 is 0 Å². The predicted octanol–water partition coefficient (Wildman–Crippen LogP) is -0.237. The number of rotatable bonds is 5. The highest BCUT2D eigenvalue weighted by molar-refractivity contribution is 5.76. The first kappa shape index (κ1) is 13.0. The molecule has 1 heterocycles. The summed E-state index contributed by atoms with van der Waals surface area (Å²) in [6, 6.07) is 0. The van der Waals surface area contributed by atoms with Crippen LogP contribution in [0.2, 0.25) is 0 Å². The van der Waals surface area contributed by atoms with Crippen LogP contribution < -0.4 is 5.32 Å². The average Bonchev–Trinajstić information content (AvgIpc) is 2.34. The molecule has 1 aliphatic rings. The van der Waals surface area contributed by atoms with Crippen molar-refractivity contribution in [3.63, 3.8) is 0 Å². The van der Waals surface area contributed by atoms with Gasteiger partial charge in [-0.15, -0.1) is 12.3 Å². The lowest BCUT2D eigenvalue weighted by atomic mass is 10.3. The van der Waals surface area contributed by atoms with Crippen LogP contribution in [0.5, 0.6) is 0 Å². The van der Waals surface area contributed by atoms with Crippen molar-refractivity contribution in [1.82, 2.24) is 15.1 Å². The van der Waals surface area contributed by atoms with Gasteiger partial charge in [-0.2, -0.15) is 0 Å². The Labute approximate surface area is 98.0 Å². The van der Waals surface area contributed by atoms with E-state index in [2.05, 4.69) is 16.1 Å². The molecule has 0 aliphatic carbocycles. The third kappa shape index (κ3) is 4.65. The minimum absolute atomic E-state index is 0.146. The van der Waals surface area contributed by atoms with E-state index in [1.54, 1.807) is 4.90 Å². The van der Waals surface area contributed by atoms with Crippen molar-refractivity contribution in [3.8, 4) is 12.3 Å². The normalized spacial score (nSPS) is 16.8. The maximum Gasteiger partial charge on any atom is 0.223 e. The van der Waals surface area contributed by atoms with E-state index in [4.69, 9.17) is 6.42 Å². The first-order chi connectivity index (χ1) is 7.74. The van der Waals surface area contributed by atoms with Gasteiger partial charge in [-0.05, 0) is 0 Å². The fourth-order valence-corrected chi connectivity index (χ4v) is 1.72. The molecule has 0 aromatic heterocycles. The molecule has 1 fully saturated rings. The lowest BCUT2D eigenvalue weighted by Crippen LogP contribution is -2.46. The Bertz CT molecular complexity index is 253. The summed E-state index contributed by atoms with van der Waals surface area (Å²) < 4.78 is 0. The summed E-state index contributed by atoms with van der Waals surface area (Å²) in [5, 5.41) is 3.31. The van der Waals surface area contributed by atoms with Gasteiger partial charge < -0.3 is 10.2 Å². The standard InChI is InChI=1S/C12H21N3O/c1-3-4-5-12(16)14(2)10-11-15-8-6-13-7-9-15/h1,13H,4-11H2,2H3. The summed E-state index contributed by atoms with van der Waals surface area (Å²) >= 11 is 0. The molecule has 16 heavy (non-hydrogen) atoms. The zero-order chi connectivity index (χ0) is 11.8. The van der Waals surface area contributed by atoms with Gasteiger partial charge in [-0.1, -0.05) is 0 Å². The molecule has 1 aliphatic heterocycles. The van der Waals surface area contributed by atoms with Crippen LogP contribution in [0.1, 0.15) is 12.8 Å². The fourth-order valence-electron chi connectivity index (χ4n) is 1.72. The molecule has 4 nitrogen and oxygen atoms in total. The zero-order valence-electron chi connectivity index (χ0n) is 10.0. The largest absolute Gasteiger partial charge is 0.344 e. The quantitative estimate of drug-likeness (QED) is 0.654. The monoisotopic (exact) mass is 223 g/mol. The molecule has 0 saturated carbocycles. The van der Waals surface area contributed by atoms with Crippen molar-refractivity contribution in [3.05, 3.63) is 0 Å². The molecule has 0 spiro atoms. The molecule has 1 amide bonds. The number of piperazine rings is 1. The van der Waals surface area contributed by atoms with Crippen molar-refractivity contribution in [1.29, 1.82) is 0 Å². The smallest absolute Gasteiger partial charge is 0.223 e. The van der Waals surface area contributed by atoms with Gasteiger partial charge in [0.15, 0.2) is 0 Å². The van der Waals surface area contributed by atoms with Crippen molar-refractivity contribution < 1.29 is 4.79 Å². The SMILES string of the molecule is C#CCCC(=O)N(C)CCN1CCNCC1. The number of hydrogen-bond acceptors (Lipinski definition) is 3. The maximum absolute atomic E-state index is 11.6. The number of terminal acetylenes is 1. The van der Waals surface area contributed by atoms with Gasteiger partial charge >= 0.3 is 0 Å². The van der Waals surface area contributed by atoms with E-state index < -0.39 is 0 Å². The minimum atomic E-state index is 0.146. The minimum Gasteiger partial charge on any atom is -0.344 e. The third-order valence-electron chi connectivity index (χ3n) is 2.87. The second-order valence-corrected chi connectivity index (χ2v) is 4.11. The Kier molecular flexibility index (Phi) is 5.91. The number of likely N-dealkylation sites (N-methyl/N-ethyl adjacent to an activating group) is 1. The Morgan fingerprint density at radius 3 is 2.81 bits per heavy atom. The molecule has 0 atom stereocenters.